The maximum atomic E-state index is 11.2. The minimum Gasteiger partial charge on any atom is -0.288 e. The number of ketones is 2. The van der Waals surface area contributed by atoms with Crippen LogP contribution in [0.25, 0.3) is 0 Å². The number of nitrogens with zero attached hydrogens (tertiary/aromatic N) is 1. The maximum absolute atomic E-state index is 11.2. The molecule has 58 valence electrons. The van der Waals surface area contributed by atoms with Crippen LogP contribution >= 0.6 is 0 Å². The van der Waals surface area contributed by atoms with Crippen LogP contribution in [0.2, 0.25) is 0 Å². The summed E-state index contributed by atoms with van der Waals surface area (Å²) in [5.41, 5.74) is 0.615. The van der Waals surface area contributed by atoms with Crippen molar-refractivity contribution in [1.82, 2.24) is 4.98 Å². The van der Waals surface area contributed by atoms with Gasteiger partial charge in [-0.05, 0) is 12.1 Å². The van der Waals surface area contributed by atoms with Gasteiger partial charge in [0.15, 0.2) is 5.78 Å². The molecule has 0 radical (unpaired) electrons. The van der Waals surface area contributed by atoms with Crippen LogP contribution in [-0.2, 0) is 0 Å². The Morgan fingerprint density at radius 2 is 2.00 bits per heavy atom. The first kappa shape index (κ1) is 6.91. The zero-order valence-electron chi connectivity index (χ0n) is 6.20. The van der Waals surface area contributed by atoms with Gasteiger partial charge in [-0.1, -0.05) is 6.58 Å². The van der Waals surface area contributed by atoms with Crippen molar-refractivity contribution in [2.24, 2.45) is 0 Å². The molecule has 0 saturated carbocycles. The molecule has 0 aromatic carbocycles. The third-order valence-electron chi connectivity index (χ3n) is 1.82. The topological polar surface area (TPSA) is 47.0 Å². The van der Waals surface area contributed by atoms with Gasteiger partial charge in [0.1, 0.15) is 5.69 Å². The van der Waals surface area contributed by atoms with Gasteiger partial charge in [-0.15, -0.1) is 0 Å². The molecule has 0 spiro atoms. The number of carbonyl (C=O) groups is 2. The van der Waals surface area contributed by atoms with Crippen molar-refractivity contribution in [1.29, 1.82) is 0 Å². The Kier molecular flexibility index (Phi) is 1.21. The number of carbonyl (C=O) groups excluding carboxylic acids is 2. The molecule has 0 bridgehead atoms. The summed E-state index contributed by atoms with van der Waals surface area (Å²) >= 11 is 0. The van der Waals surface area contributed by atoms with Crippen molar-refractivity contribution in [3.63, 3.8) is 0 Å². The highest BCUT2D eigenvalue weighted by Crippen LogP contribution is 2.22. The minimum atomic E-state index is -0.351. The number of Topliss-reactive ketones (excluding diaryl/α,β-unsaturated/α-hetero) is 2. The van der Waals surface area contributed by atoms with E-state index >= 15 is 0 Å². The summed E-state index contributed by atoms with van der Waals surface area (Å²) in [6.07, 6.45) is 1.49. The van der Waals surface area contributed by atoms with Crippen molar-refractivity contribution in [3.8, 4) is 0 Å². The molecule has 1 aliphatic rings. The molecule has 3 nitrogen and oxygen atoms in total. The smallest absolute Gasteiger partial charge is 0.215 e. The van der Waals surface area contributed by atoms with Crippen LogP contribution in [-0.4, -0.2) is 16.6 Å². The van der Waals surface area contributed by atoms with E-state index in [2.05, 4.69) is 11.6 Å². The molecule has 3 heteroatoms. The van der Waals surface area contributed by atoms with Crippen molar-refractivity contribution < 1.29 is 9.59 Å². The fourth-order valence-electron chi connectivity index (χ4n) is 1.18. The third-order valence-corrected chi connectivity index (χ3v) is 1.82. The highest BCUT2D eigenvalue weighted by atomic mass is 16.2. The first-order valence-electron chi connectivity index (χ1n) is 3.45. The summed E-state index contributed by atoms with van der Waals surface area (Å²) < 4.78 is 0. The highest BCUT2D eigenvalue weighted by molar-refractivity contribution is 6.38. The molecule has 1 heterocycles. The lowest BCUT2D eigenvalue weighted by atomic mass is 10.2. The van der Waals surface area contributed by atoms with Crippen molar-refractivity contribution in [2.45, 2.75) is 0 Å². The van der Waals surface area contributed by atoms with Crippen molar-refractivity contribution >= 4 is 11.6 Å². The van der Waals surface area contributed by atoms with Gasteiger partial charge < -0.3 is 0 Å². The van der Waals surface area contributed by atoms with Gasteiger partial charge in [-0.3, -0.25) is 14.6 Å². The predicted octanol–water partition coefficient (Wildman–Crippen LogP) is 1.02. The zero-order chi connectivity index (χ0) is 8.72. The Hall–Kier alpha value is -1.77. The third kappa shape index (κ3) is 0.676. The SMILES string of the molecule is C=C1C(=O)c2cccnc2C1=O. The summed E-state index contributed by atoms with van der Waals surface area (Å²) in [4.78, 5) is 26.3. The monoisotopic (exact) mass is 159 g/mol. The van der Waals surface area contributed by atoms with Gasteiger partial charge in [0.05, 0.1) is 11.1 Å². The van der Waals surface area contributed by atoms with Crippen LogP contribution in [0.3, 0.4) is 0 Å². The van der Waals surface area contributed by atoms with Crippen LogP contribution < -0.4 is 0 Å². The summed E-state index contributed by atoms with van der Waals surface area (Å²) in [6, 6.07) is 3.21. The van der Waals surface area contributed by atoms with Crippen molar-refractivity contribution in [3.05, 3.63) is 41.7 Å². The van der Waals surface area contributed by atoms with E-state index in [0.717, 1.165) is 0 Å². The van der Waals surface area contributed by atoms with E-state index in [0.29, 0.717) is 5.56 Å². The Morgan fingerprint density at radius 3 is 2.67 bits per heavy atom. The number of hydrogen-bond donors (Lipinski definition) is 0. The molecule has 0 unspecified atom stereocenters. The van der Waals surface area contributed by atoms with E-state index in [1.54, 1.807) is 12.1 Å². The summed E-state index contributed by atoms with van der Waals surface area (Å²) in [7, 11) is 0. The second-order valence-corrected chi connectivity index (χ2v) is 2.54. The number of pyridine rings is 1. The van der Waals surface area contributed by atoms with Gasteiger partial charge in [0.25, 0.3) is 0 Å². The largest absolute Gasteiger partial charge is 0.288 e. The van der Waals surface area contributed by atoms with Gasteiger partial charge >= 0.3 is 0 Å². The fourth-order valence-corrected chi connectivity index (χ4v) is 1.18. The van der Waals surface area contributed by atoms with Gasteiger partial charge in [0, 0.05) is 6.20 Å². The number of aromatic nitrogens is 1. The van der Waals surface area contributed by atoms with E-state index in [4.69, 9.17) is 0 Å². The summed E-state index contributed by atoms with van der Waals surface area (Å²) in [6.45, 7) is 3.39. The molecule has 2 rings (SSSR count). The van der Waals surface area contributed by atoms with E-state index in [1.165, 1.54) is 6.20 Å². The molecule has 0 aliphatic heterocycles. The molecule has 0 atom stereocenters. The molecule has 1 aromatic rings. The lowest BCUT2D eigenvalue weighted by Crippen LogP contribution is -1.98. The molecular formula is C9H5NO2. The fraction of sp³-hybridized carbons (Fsp3) is 0. The molecule has 1 aliphatic carbocycles. The van der Waals surface area contributed by atoms with Crippen LogP contribution in [0.1, 0.15) is 20.8 Å². The quantitative estimate of drug-likeness (QED) is 0.419. The van der Waals surface area contributed by atoms with E-state index in [1.807, 2.05) is 0 Å². The van der Waals surface area contributed by atoms with E-state index in [-0.39, 0.29) is 22.8 Å². The van der Waals surface area contributed by atoms with Crippen LogP contribution in [0.5, 0.6) is 0 Å². The molecule has 0 saturated heterocycles. The summed E-state index contributed by atoms with van der Waals surface area (Å²) in [5, 5.41) is 0. The highest BCUT2D eigenvalue weighted by Gasteiger charge is 2.32. The minimum absolute atomic E-state index is 0.0173. The van der Waals surface area contributed by atoms with Gasteiger partial charge in [-0.25, -0.2) is 0 Å². The van der Waals surface area contributed by atoms with Crippen LogP contribution in [0, 0.1) is 0 Å². The second-order valence-electron chi connectivity index (χ2n) is 2.54. The number of allylic oxidation sites excluding steroid dienone is 1. The Morgan fingerprint density at radius 1 is 1.25 bits per heavy atom. The van der Waals surface area contributed by atoms with Crippen LogP contribution in [0.4, 0.5) is 0 Å². The first-order valence-corrected chi connectivity index (χ1v) is 3.45. The summed E-state index contributed by atoms with van der Waals surface area (Å²) in [5.74, 6) is -0.654. The zero-order valence-corrected chi connectivity index (χ0v) is 6.20. The number of rotatable bonds is 0. The van der Waals surface area contributed by atoms with Crippen LogP contribution in [0.15, 0.2) is 30.5 Å². The molecule has 1 aromatic heterocycles. The van der Waals surface area contributed by atoms with Gasteiger partial charge in [-0.2, -0.15) is 0 Å². The average molecular weight is 159 g/mol. The molecule has 0 N–H and O–H groups in total. The normalized spacial score (nSPS) is 15.2. The lowest BCUT2D eigenvalue weighted by molar-refractivity contribution is 0.0988. The Labute approximate surface area is 68.7 Å². The number of fused-ring (bicyclic) bond motifs is 1. The van der Waals surface area contributed by atoms with E-state index in [9.17, 15) is 9.59 Å². The Bertz CT molecular complexity index is 370. The van der Waals surface area contributed by atoms with Crippen molar-refractivity contribution in [2.75, 3.05) is 0 Å². The predicted molar refractivity (Wildman–Crippen MR) is 42.0 cm³/mol. The first-order chi connectivity index (χ1) is 5.72. The average Bonchev–Trinajstić information content (AvgIpc) is 2.33. The molecule has 0 fully saturated rings. The standard InChI is InChI=1S/C9H5NO2/c1-5-8(11)6-3-2-4-10-7(6)9(5)12/h2-4H,1H2. The molecule has 12 heavy (non-hydrogen) atoms. The van der Waals surface area contributed by atoms with E-state index < -0.39 is 0 Å². The number of hydrogen-bond acceptors (Lipinski definition) is 3. The molecular weight excluding hydrogens is 154 g/mol. The lowest BCUT2D eigenvalue weighted by Gasteiger charge is -1.89. The molecule has 0 amide bonds. The second kappa shape index (κ2) is 2.11. The van der Waals surface area contributed by atoms with Gasteiger partial charge in [0.2, 0.25) is 5.78 Å². The Balaban J connectivity index is 2.76. The maximum Gasteiger partial charge on any atom is 0.215 e.